The second-order valence-corrected chi connectivity index (χ2v) is 10.0. The van der Waals surface area contributed by atoms with Gasteiger partial charge in [0.05, 0.1) is 6.04 Å². The van der Waals surface area contributed by atoms with Gasteiger partial charge in [-0.25, -0.2) is 9.37 Å². The minimum atomic E-state index is -0.313. The Morgan fingerprint density at radius 1 is 1.11 bits per heavy atom. The van der Waals surface area contributed by atoms with Crippen LogP contribution >= 0.6 is 11.3 Å². The Kier molecular flexibility index (Phi) is 7.79. The smallest absolute Gasteiger partial charge is 0.271 e. The Hall–Kier alpha value is -4.04. The topological polar surface area (TPSA) is 71.5 Å². The second-order valence-electron chi connectivity index (χ2n) is 9.09. The van der Waals surface area contributed by atoms with E-state index in [0.29, 0.717) is 36.0 Å². The van der Waals surface area contributed by atoms with Crippen LogP contribution < -0.4 is 10.1 Å². The molecule has 0 fully saturated rings. The number of carbonyl (C=O) groups excluding carboxylic acids is 2. The first-order valence-electron chi connectivity index (χ1n) is 12.6. The van der Waals surface area contributed by atoms with Crippen LogP contribution in [0.2, 0.25) is 0 Å². The molecule has 3 aromatic carbocycles. The lowest BCUT2D eigenvalue weighted by molar-refractivity contribution is -0.132. The van der Waals surface area contributed by atoms with Gasteiger partial charge < -0.3 is 15.0 Å². The summed E-state index contributed by atoms with van der Waals surface area (Å²) in [6.07, 6.45) is 1.14. The molecule has 0 saturated heterocycles. The number of thiazole rings is 1. The van der Waals surface area contributed by atoms with Crippen molar-refractivity contribution in [1.29, 1.82) is 0 Å². The number of halogens is 1. The van der Waals surface area contributed by atoms with Crippen molar-refractivity contribution < 1.29 is 18.7 Å². The summed E-state index contributed by atoms with van der Waals surface area (Å²) in [5.74, 6) is 0.156. The van der Waals surface area contributed by atoms with Gasteiger partial charge in [0.25, 0.3) is 5.91 Å². The third kappa shape index (κ3) is 5.75. The maximum atomic E-state index is 13.6. The first kappa shape index (κ1) is 25.6. The molecule has 0 bridgehead atoms. The molecule has 4 aromatic rings. The van der Waals surface area contributed by atoms with E-state index < -0.39 is 0 Å². The van der Waals surface area contributed by atoms with Crippen LogP contribution in [0.1, 0.15) is 57.1 Å². The van der Waals surface area contributed by atoms with Gasteiger partial charge in [-0.2, -0.15) is 0 Å². The van der Waals surface area contributed by atoms with Crippen molar-refractivity contribution in [2.24, 2.45) is 0 Å². The van der Waals surface area contributed by atoms with Crippen molar-refractivity contribution in [3.05, 3.63) is 117 Å². The number of hydrogen-bond donors (Lipinski definition) is 1. The van der Waals surface area contributed by atoms with Crippen molar-refractivity contribution >= 4 is 23.2 Å². The third-order valence-electron chi connectivity index (χ3n) is 6.60. The summed E-state index contributed by atoms with van der Waals surface area (Å²) >= 11 is 1.37. The molecule has 1 aliphatic heterocycles. The monoisotopic (exact) mass is 529 g/mol. The molecular formula is C30H28FN3O3S. The first-order chi connectivity index (χ1) is 18.5. The van der Waals surface area contributed by atoms with E-state index in [4.69, 9.17) is 4.74 Å². The molecule has 38 heavy (non-hydrogen) atoms. The second kappa shape index (κ2) is 11.6. The van der Waals surface area contributed by atoms with Crippen molar-refractivity contribution in [3.63, 3.8) is 0 Å². The normalized spacial score (nSPS) is 14.6. The number of amides is 2. The van der Waals surface area contributed by atoms with E-state index >= 15 is 0 Å². The number of benzene rings is 3. The number of rotatable bonds is 8. The standard InChI is InChI=1S/C30H28FN3O3S/c1-2-28(35)34-15-14-21-10-13-24(16-25(21)29(34)22-8-11-23(31)12-9-22)37-18-27-33-26(19-38-27)30(36)32-17-20-6-4-3-5-7-20/h3-13,16,19,29H,2,14-15,17-18H2,1H3,(H,32,36)/t29-/m1/s1. The molecule has 0 unspecified atom stereocenters. The van der Waals surface area contributed by atoms with Gasteiger partial charge >= 0.3 is 0 Å². The van der Waals surface area contributed by atoms with E-state index in [-0.39, 0.29) is 30.3 Å². The summed E-state index contributed by atoms with van der Waals surface area (Å²) in [6, 6.07) is 21.6. The number of nitrogens with zero attached hydrogens (tertiary/aromatic N) is 2. The highest BCUT2D eigenvalue weighted by Crippen LogP contribution is 2.37. The minimum Gasteiger partial charge on any atom is -0.486 e. The number of aromatic nitrogens is 1. The summed E-state index contributed by atoms with van der Waals surface area (Å²) in [4.78, 5) is 31.6. The molecule has 1 aliphatic rings. The van der Waals surface area contributed by atoms with Crippen molar-refractivity contribution in [1.82, 2.24) is 15.2 Å². The Bertz CT molecular complexity index is 1420. The maximum Gasteiger partial charge on any atom is 0.271 e. The maximum absolute atomic E-state index is 13.6. The lowest BCUT2D eigenvalue weighted by atomic mass is 9.87. The quantitative estimate of drug-likeness (QED) is 0.319. The largest absolute Gasteiger partial charge is 0.486 e. The Balaban J connectivity index is 1.29. The molecule has 0 saturated carbocycles. The molecule has 0 spiro atoms. The average molecular weight is 530 g/mol. The van der Waals surface area contributed by atoms with Crippen LogP contribution in [0.25, 0.3) is 0 Å². The van der Waals surface area contributed by atoms with E-state index in [2.05, 4.69) is 10.3 Å². The first-order valence-corrected chi connectivity index (χ1v) is 13.5. The van der Waals surface area contributed by atoms with Crippen molar-refractivity contribution in [2.45, 2.75) is 39.0 Å². The molecule has 6 nitrogen and oxygen atoms in total. The van der Waals surface area contributed by atoms with Crippen molar-refractivity contribution in [2.75, 3.05) is 6.54 Å². The zero-order chi connectivity index (χ0) is 26.5. The number of carbonyl (C=O) groups is 2. The van der Waals surface area contributed by atoms with Gasteiger partial charge in [-0.3, -0.25) is 9.59 Å². The highest BCUT2D eigenvalue weighted by Gasteiger charge is 2.31. The van der Waals surface area contributed by atoms with Gasteiger partial charge in [0.2, 0.25) is 5.91 Å². The number of fused-ring (bicyclic) bond motifs is 1. The molecule has 194 valence electrons. The van der Waals surface area contributed by atoms with Crippen LogP contribution in [0.5, 0.6) is 5.75 Å². The predicted molar refractivity (Wildman–Crippen MR) is 144 cm³/mol. The average Bonchev–Trinajstić information content (AvgIpc) is 3.44. The molecule has 1 N–H and O–H groups in total. The van der Waals surface area contributed by atoms with E-state index in [1.807, 2.05) is 60.4 Å². The summed E-state index contributed by atoms with van der Waals surface area (Å²) in [5.41, 5.74) is 4.35. The van der Waals surface area contributed by atoms with Crippen LogP contribution in [0.4, 0.5) is 4.39 Å². The number of hydrogen-bond acceptors (Lipinski definition) is 5. The lowest BCUT2D eigenvalue weighted by Gasteiger charge is -2.38. The predicted octanol–water partition coefficient (Wildman–Crippen LogP) is 5.68. The van der Waals surface area contributed by atoms with E-state index in [0.717, 1.165) is 28.7 Å². The van der Waals surface area contributed by atoms with Crippen LogP contribution in [0.3, 0.4) is 0 Å². The van der Waals surface area contributed by atoms with Gasteiger partial charge in [0.15, 0.2) is 0 Å². The van der Waals surface area contributed by atoms with E-state index in [1.165, 1.54) is 23.5 Å². The highest BCUT2D eigenvalue weighted by molar-refractivity contribution is 7.09. The van der Waals surface area contributed by atoms with Crippen LogP contribution in [0, 0.1) is 5.82 Å². The molecule has 0 radical (unpaired) electrons. The zero-order valence-electron chi connectivity index (χ0n) is 21.0. The summed E-state index contributed by atoms with van der Waals surface area (Å²) in [7, 11) is 0. The minimum absolute atomic E-state index is 0.0529. The molecule has 0 aliphatic carbocycles. The van der Waals surface area contributed by atoms with Crippen LogP contribution in [-0.4, -0.2) is 28.2 Å². The van der Waals surface area contributed by atoms with Crippen LogP contribution in [0.15, 0.2) is 78.2 Å². The Morgan fingerprint density at radius 2 is 1.89 bits per heavy atom. The zero-order valence-corrected chi connectivity index (χ0v) is 21.8. The van der Waals surface area contributed by atoms with Gasteiger partial charge in [0, 0.05) is 24.9 Å². The van der Waals surface area contributed by atoms with Gasteiger partial charge in [-0.15, -0.1) is 11.3 Å². The summed E-state index contributed by atoms with van der Waals surface area (Å²) in [5, 5.41) is 5.30. The van der Waals surface area contributed by atoms with Gasteiger partial charge in [-0.05, 0) is 52.9 Å². The SMILES string of the molecule is CCC(=O)N1CCc2ccc(OCc3nc(C(=O)NCc4ccccc4)cs3)cc2[C@H]1c1ccc(F)cc1. The number of ether oxygens (including phenoxy) is 1. The van der Waals surface area contributed by atoms with E-state index in [1.54, 1.807) is 17.5 Å². The molecule has 2 heterocycles. The lowest BCUT2D eigenvalue weighted by Crippen LogP contribution is -2.40. The van der Waals surface area contributed by atoms with Gasteiger partial charge in [0.1, 0.15) is 28.9 Å². The highest BCUT2D eigenvalue weighted by atomic mass is 32.1. The fourth-order valence-electron chi connectivity index (χ4n) is 4.65. The molecular weight excluding hydrogens is 501 g/mol. The Morgan fingerprint density at radius 3 is 2.66 bits per heavy atom. The molecule has 2 amide bonds. The molecule has 8 heteroatoms. The molecule has 5 rings (SSSR count). The molecule has 1 aromatic heterocycles. The molecule has 1 atom stereocenters. The fraction of sp³-hybridized carbons (Fsp3) is 0.233. The summed E-state index contributed by atoms with van der Waals surface area (Å²) < 4.78 is 19.7. The van der Waals surface area contributed by atoms with Gasteiger partial charge in [-0.1, -0.05) is 55.5 Å². The third-order valence-corrected chi connectivity index (χ3v) is 7.42. The van der Waals surface area contributed by atoms with E-state index in [9.17, 15) is 14.0 Å². The summed E-state index contributed by atoms with van der Waals surface area (Å²) in [6.45, 7) is 3.11. The Labute approximate surface area is 225 Å². The fourth-order valence-corrected chi connectivity index (χ4v) is 5.34. The van der Waals surface area contributed by atoms with Crippen molar-refractivity contribution in [3.8, 4) is 5.75 Å². The number of nitrogens with one attached hydrogen (secondary N) is 1. The van der Waals surface area contributed by atoms with Crippen LogP contribution in [-0.2, 0) is 24.4 Å².